The lowest BCUT2D eigenvalue weighted by Gasteiger charge is -2.04. The first-order valence-electron chi connectivity index (χ1n) is 8.57. The van der Waals surface area contributed by atoms with E-state index in [2.05, 4.69) is 33.2 Å². The van der Waals surface area contributed by atoms with Crippen molar-refractivity contribution < 1.29 is 9.53 Å². The van der Waals surface area contributed by atoms with E-state index in [0.717, 1.165) is 33.5 Å². The molecule has 4 nitrogen and oxygen atoms in total. The van der Waals surface area contributed by atoms with Crippen LogP contribution in [-0.2, 0) is 4.79 Å². The molecule has 0 radical (unpaired) electrons. The summed E-state index contributed by atoms with van der Waals surface area (Å²) >= 11 is 4.86. The number of ether oxygens (including phenoxy) is 1. The molecule has 0 saturated carbocycles. The molecule has 0 aliphatic rings. The largest absolute Gasteiger partial charge is 0.494 e. The second-order valence-electron chi connectivity index (χ2n) is 5.79. The molecular formula is C21H19BrN2O2S. The fourth-order valence-electron chi connectivity index (χ4n) is 2.33. The van der Waals surface area contributed by atoms with Crippen molar-refractivity contribution in [1.29, 1.82) is 0 Å². The maximum Gasteiger partial charge on any atom is 0.250 e. The van der Waals surface area contributed by atoms with Crippen LogP contribution in [-0.4, -0.2) is 17.5 Å². The van der Waals surface area contributed by atoms with E-state index in [1.54, 1.807) is 6.08 Å². The van der Waals surface area contributed by atoms with Crippen LogP contribution < -0.4 is 10.1 Å². The van der Waals surface area contributed by atoms with E-state index >= 15 is 0 Å². The third-order valence-electron chi connectivity index (χ3n) is 3.63. The fraction of sp³-hybridized carbons (Fsp3) is 0.143. The maximum atomic E-state index is 12.1. The zero-order valence-electron chi connectivity index (χ0n) is 14.8. The average Bonchev–Trinajstić information content (AvgIpc) is 3.14. The Hall–Kier alpha value is -2.44. The first kappa shape index (κ1) is 19.3. The molecule has 6 heteroatoms. The van der Waals surface area contributed by atoms with Crippen LogP contribution in [0.5, 0.6) is 5.75 Å². The third kappa shape index (κ3) is 5.77. The van der Waals surface area contributed by atoms with Gasteiger partial charge in [0.25, 0.3) is 0 Å². The minimum Gasteiger partial charge on any atom is -0.494 e. The molecule has 1 amide bonds. The van der Waals surface area contributed by atoms with Crippen molar-refractivity contribution in [3.8, 4) is 17.0 Å². The Morgan fingerprint density at radius 2 is 2.07 bits per heavy atom. The summed E-state index contributed by atoms with van der Waals surface area (Å²) in [5.74, 6) is 0.623. The Morgan fingerprint density at radius 1 is 1.26 bits per heavy atom. The highest BCUT2D eigenvalue weighted by molar-refractivity contribution is 9.10. The lowest BCUT2D eigenvalue weighted by molar-refractivity contribution is -0.111. The molecule has 1 aromatic heterocycles. The number of hydrogen-bond donors (Lipinski definition) is 1. The van der Waals surface area contributed by atoms with Gasteiger partial charge in [-0.05, 0) is 42.3 Å². The monoisotopic (exact) mass is 442 g/mol. The van der Waals surface area contributed by atoms with Crippen LogP contribution in [0.3, 0.4) is 0 Å². The number of carbonyl (C=O) groups is 1. The van der Waals surface area contributed by atoms with Gasteiger partial charge in [0.2, 0.25) is 5.91 Å². The SMILES string of the molecule is CCCOc1ccc(C=CC(=O)Nc2nc(-c3cccc(Br)c3)cs2)cc1. The van der Waals surface area contributed by atoms with Crippen LogP contribution in [0.15, 0.2) is 64.5 Å². The van der Waals surface area contributed by atoms with Gasteiger partial charge in [-0.15, -0.1) is 11.3 Å². The minimum absolute atomic E-state index is 0.212. The lowest BCUT2D eigenvalue weighted by atomic mass is 10.2. The molecule has 27 heavy (non-hydrogen) atoms. The quantitative estimate of drug-likeness (QED) is 0.455. The molecule has 0 aliphatic heterocycles. The highest BCUT2D eigenvalue weighted by Gasteiger charge is 2.06. The maximum absolute atomic E-state index is 12.1. The molecule has 1 N–H and O–H groups in total. The Labute approximate surface area is 171 Å². The van der Waals surface area contributed by atoms with Gasteiger partial charge in [-0.2, -0.15) is 0 Å². The van der Waals surface area contributed by atoms with Crippen LogP contribution in [0, 0.1) is 0 Å². The number of benzene rings is 2. The van der Waals surface area contributed by atoms with Crippen molar-refractivity contribution in [3.63, 3.8) is 0 Å². The zero-order valence-corrected chi connectivity index (χ0v) is 17.2. The van der Waals surface area contributed by atoms with E-state index in [0.29, 0.717) is 11.7 Å². The first-order chi connectivity index (χ1) is 13.1. The third-order valence-corrected chi connectivity index (χ3v) is 4.89. The Bertz CT molecular complexity index is 935. The molecule has 138 valence electrons. The summed E-state index contributed by atoms with van der Waals surface area (Å²) in [6.45, 7) is 2.77. The average molecular weight is 443 g/mol. The molecule has 0 aliphatic carbocycles. The van der Waals surface area contributed by atoms with Gasteiger partial charge < -0.3 is 4.74 Å². The Morgan fingerprint density at radius 3 is 2.81 bits per heavy atom. The summed E-state index contributed by atoms with van der Waals surface area (Å²) in [6.07, 6.45) is 4.24. The topological polar surface area (TPSA) is 51.2 Å². The van der Waals surface area contributed by atoms with Crippen molar-refractivity contribution in [2.24, 2.45) is 0 Å². The van der Waals surface area contributed by atoms with Crippen LogP contribution in [0.25, 0.3) is 17.3 Å². The van der Waals surface area contributed by atoms with E-state index < -0.39 is 0 Å². The minimum atomic E-state index is -0.212. The van der Waals surface area contributed by atoms with Gasteiger partial charge in [-0.1, -0.05) is 47.1 Å². The number of nitrogens with one attached hydrogen (secondary N) is 1. The number of halogens is 1. The summed E-state index contributed by atoms with van der Waals surface area (Å²) in [6, 6.07) is 15.5. The number of amides is 1. The summed E-state index contributed by atoms with van der Waals surface area (Å²) in [5.41, 5.74) is 2.77. The Balaban J connectivity index is 1.58. The predicted octanol–water partition coefficient (Wildman–Crippen LogP) is 6.01. The predicted molar refractivity (Wildman–Crippen MR) is 115 cm³/mol. The van der Waals surface area contributed by atoms with Crippen LogP contribution >= 0.6 is 27.3 Å². The first-order valence-corrected chi connectivity index (χ1v) is 10.2. The van der Waals surface area contributed by atoms with Crippen LogP contribution in [0.2, 0.25) is 0 Å². The molecule has 0 bridgehead atoms. The van der Waals surface area contributed by atoms with Crippen LogP contribution in [0.4, 0.5) is 5.13 Å². The van der Waals surface area contributed by atoms with Gasteiger partial charge in [0.15, 0.2) is 5.13 Å². The highest BCUT2D eigenvalue weighted by atomic mass is 79.9. The van der Waals surface area contributed by atoms with Crippen molar-refractivity contribution in [3.05, 3.63) is 70.0 Å². The van der Waals surface area contributed by atoms with E-state index in [1.165, 1.54) is 17.4 Å². The van der Waals surface area contributed by atoms with Crippen molar-refractivity contribution in [2.75, 3.05) is 11.9 Å². The summed E-state index contributed by atoms with van der Waals surface area (Å²) in [7, 11) is 0. The molecule has 0 atom stereocenters. The van der Waals surface area contributed by atoms with Gasteiger partial charge >= 0.3 is 0 Å². The summed E-state index contributed by atoms with van der Waals surface area (Å²) < 4.78 is 6.54. The van der Waals surface area contributed by atoms with Crippen molar-refractivity contribution in [2.45, 2.75) is 13.3 Å². The second-order valence-corrected chi connectivity index (χ2v) is 7.56. The van der Waals surface area contributed by atoms with Gasteiger partial charge in [0.05, 0.1) is 12.3 Å². The number of carbonyl (C=O) groups excluding carboxylic acids is 1. The number of nitrogens with zero attached hydrogens (tertiary/aromatic N) is 1. The van der Waals surface area contributed by atoms with E-state index in [1.807, 2.05) is 53.9 Å². The number of rotatable bonds is 7. The molecule has 2 aromatic carbocycles. The normalized spacial score (nSPS) is 10.9. The second kappa shape index (κ2) is 9.48. The fourth-order valence-corrected chi connectivity index (χ4v) is 3.45. The molecule has 3 aromatic rings. The van der Waals surface area contributed by atoms with Gasteiger partial charge in [0.1, 0.15) is 5.75 Å². The highest BCUT2D eigenvalue weighted by Crippen LogP contribution is 2.26. The van der Waals surface area contributed by atoms with Crippen molar-refractivity contribution in [1.82, 2.24) is 4.98 Å². The Kier molecular flexibility index (Phi) is 6.79. The number of aromatic nitrogens is 1. The molecular weight excluding hydrogens is 424 g/mol. The smallest absolute Gasteiger partial charge is 0.250 e. The zero-order chi connectivity index (χ0) is 19.1. The van der Waals surface area contributed by atoms with E-state index in [-0.39, 0.29) is 5.91 Å². The molecule has 0 unspecified atom stereocenters. The van der Waals surface area contributed by atoms with Gasteiger partial charge in [0, 0.05) is 21.5 Å². The van der Waals surface area contributed by atoms with E-state index in [4.69, 9.17) is 4.74 Å². The number of anilines is 1. The van der Waals surface area contributed by atoms with E-state index in [9.17, 15) is 4.79 Å². The lowest BCUT2D eigenvalue weighted by Crippen LogP contribution is -2.07. The van der Waals surface area contributed by atoms with Crippen molar-refractivity contribution >= 4 is 44.4 Å². The molecule has 1 heterocycles. The number of hydrogen-bond acceptors (Lipinski definition) is 4. The molecule has 0 fully saturated rings. The summed E-state index contributed by atoms with van der Waals surface area (Å²) in [5, 5.41) is 5.30. The van der Waals surface area contributed by atoms with Gasteiger partial charge in [-0.25, -0.2) is 4.98 Å². The molecule has 0 saturated heterocycles. The van der Waals surface area contributed by atoms with Crippen LogP contribution in [0.1, 0.15) is 18.9 Å². The molecule has 3 rings (SSSR count). The standard InChI is InChI=1S/C21H19BrN2O2S/c1-2-12-26-18-9-6-15(7-10-18)8-11-20(25)24-21-23-19(14-27-21)16-4-3-5-17(22)13-16/h3-11,13-14H,2,12H2,1H3,(H,23,24,25). The molecule has 0 spiro atoms. The summed E-state index contributed by atoms with van der Waals surface area (Å²) in [4.78, 5) is 16.6. The van der Waals surface area contributed by atoms with Gasteiger partial charge in [-0.3, -0.25) is 10.1 Å². The number of thiazole rings is 1.